The Morgan fingerprint density at radius 2 is 2.06 bits per heavy atom. The molecule has 0 aliphatic rings. The summed E-state index contributed by atoms with van der Waals surface area (Å²) in [6, 6.07) is 5.75. The van der Waals surface area contributed by atoms with E-state index >= 15 is 0 Å². The van der Waals surface area contributed by atoms with Crippen molar-refractivity contribution in [1.82, 2.24) is 0 Å². The van der Waals surface area contributed by atoms with Gasteiger partial charge in [-0.15, -0.1) is 0 Å². The van der Waals surface area contributed by atoms with Crippen LogP contribution in [-0.2, 0) is 9.53 Å². The van der Waals surface area contributed by atoms with E-state index in [1.807, 2.05) is 0 Å². The van der Waals surface area contributed by atoms with E-state index in [0.29, 0.717) is 12.3 Å². The van der Waals surface area contributed by atoms with Crippen LogP contribution in [0.25, 0.3) is 0 Å². The zero-order chi connectivity index (χ0) is 13.7. The molecule has 2 atom stereocenters. The summed E-state index contributed by atoms with van der Waals surface area (Å²) in [5.41, 5.74) is 9.71. The van der Waals surface area contributed by atoms with Gasteiger partial charge in [0.1, 0.15) is 6.04 Å². The molecule has 2 unspecified atom stereocenters. The lowest BCUT2D eigenvalue weighted by Crippen LogP contribution is -2.33. The molecule has 0 heterocycles. The molecule has 3 heteroatoms. The molecule has 0 spiro atoms. The van der Waals surface area contributed by atoms with E-state index in [0.717, 1.165) is 6.42 Å². The number of benzene rings is 1. The fourth-order valence-electron chi connectivity index (χ4n) is 2.28. The molecule has 0 aliphatic heterocycles. The number of hydrogen-bond donors (Lipinski definition) is 1. The average molecular weight is 249 g/mol. The number of carbonyl (C=O) groups excluding carboxylic acids is 1. The Balaban J connectivity index is 2.90. The van der Waals surface area contributed by atoms with Crippen molar-refractivity contribution >= 4 is 5.97 Å². The van der Waals surface area contributed by atoms with E-state index in [4.69, 9.17) is 5.73 Å². The van der Waals surface area contributed by atoms with Crippen molar-refractivity contribution in [1.29, 1.82) is 0 Å². The summed E-state index contributed by atoms with van der Waals surface area (Å²) < 4.78 is 4.68. The Morgan fingerprint density at radius 3 is 2.61 bits per heavy atom. The SMILES string of the molecule is CCC(CC(N)C(=O)OC)c1cccc(C)c1C. The van der Waals surface area contributed by atoms with Gasteiger partial charge in [-0.1, -0.05) is 25.1 Å². The smallest absolute Gasteiger partial charge is 0.322 e. The van der Waals surface area contributed by atoms with E-state index in [2.05, 4.69) is 43.7 Å². The fraction of sp³-hybridized carbons (Fsp3) is 0.533. The third-order valence-electron chi connectivity index (χ3n) is 3.62. The van der Waals surface area contributed by atoms with Crippen LogP contribution >= 0.6 is 0 Å². The predicted octanol–water partition coefficient (Wildman–Crippen LogP) is 2.69. The molecule has 0 aromatic heterocycles. The molecule has 0 fully saturated rings. The summed E-state index contributed by atoms with van der Waals surface area (Å²) in [5, 5.41) is 0. The molecule has 0 saturated carbocycles. The van der Waals surface area contributed by atoms with E-state index in [1.54, 1.807) is 0 Å². The van der Waals surface area contributed by atoms with Crippen LogP contribution in [0.15, 0.2) is 18.2 Å². The van der Waals surface area contributed by atoms with Crippen molar-refractivity contribution in [2.75, 3.05) is 7.11 Å². The number of methoxy groups -OCH3 is 1. The highest BCUT2D eigenvalue weighted by Crippen LogP contribution is 2.28. The van der Waals surface area contributed by atoms with Crippen LogP contribution in [0.2, 0.25) is 0 Å². The lowest BCUT2D eigenvalue weighted by molar-refractivity contribution is -0.142. The van der Waals surface area contributed by atoms with Crippen molar-refractivity contribution in [3.63, 3.8) is 0 Å². The van der Waals surface area contributed by atoms with Crippen LogP contribution in [0, 0.1) is 13.8 Å². The van der Waals surface area contributed by atoms with Crippen LogP contribution < -0.4 is 5.73 Å². The minimum atomic E-state index is -0.542. The molecule has 0 amide bonds. The molecule has 1 aromatic rings. The van der Waals surface area contributed by atoms with Crippen LogP contribution in [0.4, 0.5) is 0 Å². The maximum atomic E-state index is 11.4. The number of carbonyl (C=O) groups is 1. The van der Waals surface area contributed by atoms with E-state index < -0.39 is 6.04 Å². The summed E-state index contributed by atoms with van der Waals surface area (Å²) in [4.78, 5) is 11.4. The van der Waals surface area contributed by atoms with Crippen molar-refractivity contribution in [3.8, 4) is 0 Å². The van der Waals surface area contributed by atoms with Crippen molar-refractivity contribution in [3.05, 3.63) is 34.9 Å². The summed E-state index contributed by atoms with van der Waals surface area (Å²) in [6.07, 6.45) is 1.60. The number of esters is 1. The van der Waals surface area contributed by atoms with Gasteiger partial charge in [-0.2, -0.15) is 0 Å². The van der Waals surface area contributed by atoms with Gasteiger partial charge >= 0.3 is 5.97 Å². The van der Waals surface area contributed by atoms with E-state index in [-0.39, 0.29) is 5.97 Å². The minimum absolute atomic E-state index is 0.305. The number of rotatable bonds is 5. The first kappa shape index (κ1) is 14.7. The minimum Gasteiger partial charge on any atom is -0.468 e. The van der Waals surface area contributed by atoms with Crippen LogP contribution in [0.5, 0.6) is 0 Å². The highest BCUT2D eigenvalue weighted by Gasteiger charge is 2.21. The molecule has 0 saturated heterocycles. The highest BCUT2D eigenvalue weighted by molar-refractivity contribution is 5.75. The van der Waals surface area contributed by atoms with Gasteiger partial charge in [0.05, 0.1) is 7.11 Å². The first-order chi connectivity index (χ1) is 8.51. The molecular formula is C15H23NO2. The maximum absolute atomic E-state index is 11.4. The van der Waals surface area contributed by atoms with Gasteiger partial charge in [0, 0.05) is 0 Å². The van der Waals surface area contributed by atoms with Gasteiger partial charge in [-0.05, 0) is 49.3 Å². The molecule has 0 bridgehead atoms. The summed E-state index contributed by atoms with van der Waals surface area (Å²) in [5.74, 6) is -0.0299. The van der Waals surface area contributed by atoms with Gasteiger partial charge in [-0.25, -0.2) is 0 Å². The molecule has 100 valence electrons. The Hall–Kier alpha value is -1.35. The highest BCUT2D eigenvalue weighted by atomic mass is 16.5. The molecular weight excluding hydrogens is 226 g/mol. The number of ether oxygens (including phenoxy) is 1. The summed E-state index contributed by atoms with van der Waals surface area (Å²) >= 11 is 0. The van der Waals surface area contributed by atoms with Crippen molar-refractivity contribution < 1.29 is 9.53 Å². The Bertz CT molecular complexity index is 415. The third kappa shape index (κ3) is 3.33. The summed E-state index contributed by atoms with van der Waals surface area (Å²) in [7, 11) is 1.38. The van der Waals surface area contributed by atoms with Crippen LogP contribution in [-0.4, -0.2) is 19.1 Å². The molecule has 0 aliphatic carbocycles. The predicted molar refractivity (Wildman–Crippen MR) is 73.6 cm³/mol. The monoisotopic (exact) mass is 249 g/mol. The Morgan fingerprint density at radius 1 is 1.39 bits per heavy atom. The molecule has 1 rings (SSSR count). The zero-order valence-corrected chi connectivity index (χ0v) is 11.7. The second-order valence-corrected chi connectivity index (χ2v) is 4.76. The number of nitrogens with two attached hydrogens (primary N) is 1. The second-order valence-electron chi connectivity index (χ2n) is 4.76. The lowest BCUT2D eigenvalue weighted by atomic mass is 9.86. The molecule has 2 N–H and O–H groups in total. The van der Waals surface area contributed by atoms with Gasteiger partial charge in [0.15, 0.2) is 0 Å². The number of aryl methyl sites for hydroxylation is 1. The molecule has 1 aromatic carbocycles. The Kier molecular flexibility index (Phi) is 5.35. The maximum Gasteiger partial charge on any atom is 0.322 e. The molecule has 0 radical (unpaired) electrons. The van der Waals surface area contributed by atoms with Gasteiger partial charge < -0.3 is 10.5 Å². The van der Waals surface area contributed by atoms with Gasteiger partial charge in [0.2, 0.25) is 0 Å². The second kappa shape index (κ2) is 6.55. The van der Waals surface area contributed by atoms with Gasteiger partial charge in [0.25, 0.3) is 0 Å². The van der Waals surface area contributed by atoms with Crippen molar-refractivity contribution in [2.45, 2.75) is 45.6 Å². The van der Waals surface area contributed by atoms with Crippen molar-refractivity contribution in [2.24, 2.45) is 5.73 Å². The summed E-state index contributed by atoms with van der Waals surface area (Å²) in [6.45, 7) is 6.35. The largest absolute Gasteiger partial charge is 0.468 e. The van der Waals surface area contributed by atoms with Gasteiger partial charge in [-0.3, -0.25) is 4.79 Å². The normalized spacial score (nSPS) is 14.1. The Labute approximate surface area is 109 Å². The fourth-order valence-corrected chi connectivity index (χ4v) is 2.28. The number of hydrogen-bond acceptors (Lipinski definition) is 3. The van der Waals surface area contributed by atoms with Crippen LogP contribution in [0.1, 0.15) is 42.4 Å². The molecule has 18 heavy (non-hydrogen) atoms. The third-order valence-corrected chi connectivity index (χ3v) is 3.62. The standard InChI is InChI=1S/C15H23NO2/c1-5-12(9-14(16)15(17)18-4)13-8-6-7-10(2)11(13)3/h6-8,12,14H,5,9,16H2,1-4H3. The topological polar surface area (TPSA) is 52.3 Å². The quantitative estimate of drug-likeness (QED) is 0.816. The van der Waals surface area contributed by atoms with E-state index in [9.17, 15) is 4.79 Å². The average Bonchev–Trinajstić information content (AvgIpc) is 2.38. The van der Waals surface area contributed by atoms with E-state index in [1.165, 1.54) is 23.8 Å². The first-order valence-corrected chi connectivity index (χ1v) is 6.40. The molecule has 3 nitrogen and oxygen atoms in total. The van der Waals surface area contributed by atoms with Crippen LogP contribution in [0.3, 0.4) is 0 Å². The first-order valence-electron chi connectivity index (χ1n) is 6.40. The zero-order valence-electron chi connectivity index (χ0n) is 11.7. The lowest BCUT2D eigenvalue weighted by Gasteiger charge is -2.21.